The summed E-state index contributed by atoms with van der Waals surface area (Å²) >= 11 is 0. The van der Waals surface area contributed by atoms with Crippen LogP contribution in [0.3, 0.4) is 0 Å². The van der Waals surface area contributed by atoms with Gasteiger partial charge < -0.3 is 5.73 Å². The number of hydrogen-bond acceptors (Lipinski definition) is 3. The van der Waals surface area contributed by atoms with Gasteiger partial charge in [0.25, 0.3) is 10.2 Å². The number of rotatable bonds is 4. The molecule has 0 bridgehead atoms. The van der Waals surface area contributed by atoms with Gasteiger partial charge in [-0.3, -0.25) is 0 Å². The van der Waals surface area contributed by atoms with E-state index in [0.717, 1.165) is 12.8 Å². The zero-order chi connectivity index (χ0) is 14.9. The van der Waals surface area contributed by atoms with Crippen molar-refractivity contribution in [3.63, 3.8) is 0 Å². The van der Waals surface area contributed by atoms with E-state index in [2.05, 4.69) is 12.1 Å². The molecule has 0 unspecified atom stereocenters. The number of nitrogens with two attached hydrogens (primary N) is 1. The Morgan fingerprint density at radius 1 is 1.05 bits per heavy atom. The van der Waals surface area contributed by atoms with Crippen LogP contribution >= 0.6 is 12.4 Å². The largest absolute Gasteiger partial charge is 0.330 e. The molecule has 2 aliphatic rings. The Morgan fingerprint density at radius 2 is 1.68 bits per heavy atom. The maximum Gasteiger partial charge on any atom is 0.282 e. The third kappa shape index (κ3) is 3.31. The van der Waals surface area contributed by atoms with Crippen LogP contribution in [0.15, 0.2) is 30.3 Å². The van der Waals surface area contributed by atoms with E-state index < -0.39 is 10.2 Å². The predicted octanol–water partition coefficient (Wildman–Crippen LogP) is 1.42. The van der Waals surface area contributed by atoms with Gasteiger partial charge in [0.2, 0.25) is 0 Å². The van der Waals surface area contributed by atoms with Crippen LogP contribution in [-0.2, 0) is 10.2 Å². The molecule has 0 saturated carbocycles. The number of benzene rings is 1. The van der Waals surface area contributed by atoms with E-state index in [0.29, 0.717) is 32.7 Å². The molecule has 1 aromatic carbocycles. The Labute approximate surface area is 139 Å². The summed E-state index contributed by atoms with van der Waals surface area (Å²) in [7, 11) is -3.31. The Bertz CT molecular complexity index is 576. The Kier molecular flexibility index (Phi) is 5.85. The van der Waals surface area contributed by atoms with Crippen LogP contribution in [0.4, 0.5) is 0 Å². The molecule has 0 aromatic heterocycles. The molecule has 2 saturated heterocycles. The lowest BCUT2D eigenvalue weighted by atomic mass is 9.89. The quantitative estimate of drug-likeness (QED) is 0.897. The number of hydrogen-bond donors (Lipinski definition) is 1. The van der Waals surface area contributed by atoms with E-state index >= 15 is 0 Å². The Morgan fingerprint density at radius 3 is 2.27 bits per heavy atom. The first-order valence-corrected chi connectivity index (χ1v) is 9.03. The van der Waals surface area contributed by atoms with Crippen LogP contribution in [0.1, 0.15) is 24.3 Å². The highest BCUT2D eigenvalue weighted by atomic mass is 35.5. The first kappa shape index (κ1) is 17.7. The normalized spacial score (nSPS) is 27.0. The Hall–Kier alpha value is -0.660. The summed E-state index contributed by atoms with van der Waals surface area (Å²) in [6.07, 6.45) is 1.94. The van der Waals surface area contributed by atoms with Gasteiger partial charge in [-0.1, -0.05) is 30.3 Å². The van der Waals surface area contributed by atoms with E-state index in [1.165, 1.54) is 5.56 Å². The molecule has 3 rings (SSSR count). The molecule has 22 heavy (non-hydrogen) atoms. The zero-order valence-electron chi connectivity index (χ0n) is 12.6. The first-order chi connectivity index (χ1) is 10.1. The van der Waals surface area contributed by atoms with Crippen LogP contribution in [0.25, 0.3) is 0 Å². The van der Waals surface area contributed by atoms with Gasteiger partial charge >= 0.3 is 0 Å². The minimum absolute atomic E-state index is 0. The first-order valence-electron chi connectivity index (χ1n) is 7.63. The van der Waals surface area contributed by atoms with Crippen molar-refractivity contribution in [1.29, 1.82) is 0 Å². The average Bonchev–Trinajstić information content (AvgIpc) is 3.18. The highest BCUT2D eigenvalue weighted by Gasteiger charge is 2.41. The van der Waals surface area contributed by atoms with Crippen LogP contribution in [0.2, 0.25) is 0 Å². The van der Waals surface area contributed by atoms with Gasteiger partial charge in [0.1, 0.15) is 0 Å². The van der Waals surface area contributed by atoms with Gasteiger partial charge in [-0.15, -0.1) is 12.4 Å². The van der Waals surface area contributed by atoms with Crippen molar-refractivity contribution in [2.45, 2.75) is 18.8 Å². The SMILES string of the molecule is Cl.NC[C@@H]1CN(S(=O)(=O)N2CCCC2)C[C@H]1c1ccccc1. The van der Waals surface area contributed by atoms with Gasteiger partial charge in [-0.25, -0.2) is 0 Å². The van der Waals surface area contributed by atoms with Gasteiger partial charge in [0.15, 0.2) is 0 Å². The molecule has 0 amide bonds. The van der Waals surface area contributed by atoms with Crippen molar-refractivity contribution in [2.24, 2.45) is 11.7 Å². The van der Waals surface area contributed by atoms with E-state index in [4.69, 9.17) is 5.73 Å². The molecule has 2 fully saturated rings. The van der Waals surface area contributed by atoms with Crippen molar-refractivity contribution in [3.05, 3.63) is 35.9 Å². The van der Waals surface area contributed by atoms with E-state index in [1.54, 1.807) is 8.61 Å². The molecule has 5 nitrogen and oxygen atoms in total. The molecule has 2 aliphatic heterocycles. The van der Waals surface area contributed by atoms with Crippen molar-refractivity contribution in [3.8, 4) is 0 Å². The Balaban J connectivity index is 0.00000176. The van der Waals surface area contributed by atoms with Crippen LogP contribution in [0, 0.1) is 5.92 Å². The standard InChI is InChI=1S/C15H23N3O2S.ClH/c16-10-14-11-18(21(19,20)17-8-4-5-9-17)12-15(14)13-6-2-1-3-7-13;/h1-3,6-7,14-15H,4-5,8-12,16H2;1H/t14-,15+;/m1./s1. The molecule has 0 radical (unpaired) electrons. The van der Waals surface area contributed by atoms with E-state index in [1.807, 2.05) is 18.2 Å². The number of nitrogens with zero attached hydrogens (tertiary/aromatic N) is 2. The molecule has 2 atom stereocenters. The van der Waals surface area contributed by atoms with Gasteiger partial charge in [0.05, 0.1) is 0 Å². The van der Waals surface area contributed by atoms with E-state index in [9.17, 15) is 8.42 Å². The molecule has 0 aliphatic carbocycles. The van der Waals surface area contributed by atoms with Crippen LogP contribution in [-0.4, -0.2) is 49.8 Å². The predicted molar refractivity (Wildman–Crippen MR) is 90.3 cm³/mol. The summed E-state index contributed by atoms with van der Waals surface area (Å²) in [6, 6.07) is 10.1. The highest BCUT2D eigenvalue weighted by Crippen LogP contribution is 2.34. The minimum Gasteiger partial charge on any atom is -0.330 e. The third-order valence-electron chi connectivity index (χ3n) is 4.66. The fourth-order valence-electron chi connectivity index (χ4n) is 3.42. The van der Waals surface area contributed by atoms with Crippen molar-refractivity contribution in [2.75, 3.05) is 32.7 Å². The average molecular weight is 346 g/mol. The van der Waals surface area contributed by atoms with Crippen molar-refractivity contribution < 1.29 is 8.42 Å². The second-order valence-corrected chi connectivity index (χ2v) is 7.87. The molecule has 0 spiro atoms. The van der Waals surface area contributed by atoms with E-state index in [-0.39, 0.29) is 24.2 Å². The fourth-order valence-corrected chi connectivity index (χ4v) is 5.19. The minimum atomic E-state index is -3.31. The molecular formula is C15H24ClN3O2S. The number of halogens is 1. The molecule has 124 valence electrons. The smallest absolute Gasteiger partial charge is 0.282 e. The second-order valence-electron chi connectivity index (χ2n) is 5.94. The monoisotopic (exact) mass is 345 g/mol. The summed E-state index contributed by atoms with van der Waals surface area (Å²) in [6.45, 7) is 2.91. The molecule has 2 heterocycles. The molecule has 1 aromatic rings. The topological polar surface area (TPSA) is 66.6 Å². The van der Waals surface area contributed by atoms with Crippen LogP contribution in [0.5, 0.6) is 0 Å². The summed E-state index contributed by atoms with van der Waals surface area (Å²) in [4.78, 5) is 0. The highest BCUT2D eigenvalue weighted by molar-refractivity contribution is 7.86. The molecule has 2 N–H and O–H groups in total. The fraction of sp³-hybridized carbons (Fsp3) is 0.600. The second kappa shape index (κ2) is 7.27. The maximum atomic E-state index is 12.7. The maximum absolute atomic E-state index is 12.7. The summed E-state index contributed by atoms with van der Waals surface area (Å²) in [5.41, 5.74) is 7.07. The van der Waals surface area contributed by atoms with Crippen molar-refractivity contribution in [1.82, 2.24) is 8.61 Å². The summed E-state index contributed by atoms with van der Waals surface area (Å²) in [5, 5.41) is 0. The summed E-state index contributed by atoms with van der Waals surface area (Å²) < 4.78 is 28.6. The van der Waals surface area contributed by atoms with Crippen LogP contribution < -0.4 is 5.73 Å². The van der Waals surface area contributed by atoms with Crippen molar-refractivity contribution >= 4 is 22.6 Å². The van der Waals surface area contributed by atoms with Gasteiger partial charge in [0, 0.05) is 32.1 Å². The lowest BCUT2D eigenvalue weighted by Crippen LogP contribution is -2.41. The zero-order valence-corrected chi connectivity index (χ0v) is 14.2. The molecule has 7 heteroatoms. The molecular weight excluding hydrogens is 322 g/mol. The van der Waals surface area contributed by atoms with Gasteiger partial charge in [-0.05, 0) is 30.9 Å². The summed E-state index contributed by atoms with van der Waals surface area (Å²) in [5.74, 6) is 0.401. The lowest BCUT2D eigenvalue weighted by Gasteiger charge is -2.23. The lowest BCUT2D eigenvalue weighted by molar-refractivity contribution is 0.390. The van der Waals surface area contributed by atoms with Gasteiger partial charge in [-0.2, -0.15) is 17.0 Å². The third-order valence-corrected chi connectivity index (χ3v) is 6.62.